The van der Waals surface area contributed by atoms with Gasteiger partial charge < -0.3 is 15.7 Å². The number of rotatable bonds is 7. The molecule has 0 radical (unpaired) electrons. The van der Waals surface area contributed by atoms with E-state index in [0.29, 0.717) is 12.4 Å². The van der Waals surface area contributed by atoms with Gasteiger partial charge in [0.05, 0.1) is 6.10 Å². The highest BCUT2D eigenvalue weighted by Gasteiger charge is 2.17. The summed E-state index contributed by atoms with van der Waals surface area (Å²) < 4.78 is 0. The summed E-state index contributed by atoms with van der Waals surface area (Å²) in [4.78, 5) is 14.7. The van der Waals surface area contributed by atoms with Crippen molar-refractivity contribution in [3.8, 4) is 0 Å². The number of para-hydroxylation sites is 1. The fraction of sp³-hybridized carbons (Fsp3) is 0.292. The number of hydrogen-bond acceptors (Lipinski definition) is 6. The second kappa shape index (κ2) is 10.1. The normalized spacial score (nSPS) is 14.9. The maximum Gasteiger partial charge on any atom is 0.276 e. The number of anilines is 2. The molecule has 0 spiro atoms. The highest BCUT2D eigenvalue weighted by Crippen LogP contribution is 2.17. The van der Waals surface area contributed by atoms with Gasteiger partial charge in [0.2, 0.25) is 0 Å². The van der Waals surface area contributed by atoms with E-state index >= 15 is 0 Å². The van der Waals surface area contributed by atoms with Gasteiger partial charge in [-0.3, -0.25) is 9.69 Å². The van der Waals surface area contributed by atoms with Crippen LogP contribution >= 0.6 is 0 Å². The van der Waals surface area contributed by atoms with Crippen molar-refractivity contribution < 1.29 is 9.90 Å². The minimum absolute atomic E-state index is 0.163. The highest BCUT2D eigenvalue weighted by atomic mass is 16.3. The molecule has 1 fully saturated rings. The maximum absolute atomic E-state index is 12.3. The van der Waals surface area contributed by atoms with Crippen LogP contribution in [0.5, 0.6) is 0 Å². The number of aliphatic hydroxyl groups is 1. The van der Waals surface area contributed by atoms with Crippen LogP contribution in [0.25, 0.3) is 0 Å². The lowest BCUT2D eigenvalue weighted by atomic mass is 10.0. The Morgan fingerprint density at radius 3 is 2.35 bits per heavy atom. The quantitative estimate of drug-likeness (QED) is 0.547. The SMILES string of the molecule is O=C(Nc1ccccc1)c1ccc(NCc2ccccc2CN2CCC(O)CC2)nn1. The van der Waals surface area contributed by atoms with E-state index in [1.165, 1.54) is 11.1 Å². The maximum atomic E-state index is 12.3. The Morgan fingerprint density at radius 2 is 1.65 bits per heavy atom. The minimum Gasteiger partial charge on any atom is -0.393 e. The summed E-state index contributed by atoms with van der Waals surface area (Å²) in [5.74, 6) is 0.328. The molecule has 3 aromatic rings. The molecule has 0 bridgehead atoms. The minimum atomic E-state index is -0.290. The van der Waals surface area contributed by atoms with Crippen molar-refractivity contribution in [3.63, 3.8) is 0 Å². The first kappa shape index (κ1) is 21.0. The summed E-state index contributed by atoms with van der Waals surface area (Å²) in [7, 11) is 0. The Labute approximate surface area is 182 Å². The summed E-state index contributed by atoms with van der Waals surface area (Å²) >= 11 is 0. The molecule has 4 rings (SSSR count). The van der Waals surface area contributed by atoms with E-state index < -0.39 is 0 Å². The van der Waals surface area contributed by atoms with Crippen molar-refractivity contribution in [3.05, 3.63) is 83.6 Å². The molecule has 2 aromatic carbocycles. The molecule has 1 saturated heterocycles. The third-order valence-corrected chi connectivity index (χ3v) is 5.46. The first-order chi connectivity index (χ1) is 15.2. The number of nitrogens with zero attached hydrogens (tertiary/aromatic N) is 3. The zero-order chi connectivity index (χ0) is 21.5. The molecule has 2 heterocycles. The molecule has 7 nitrogen and oxygen atoms in total. The Balaban J connectivity index is 1.34. The number of amides is 1. The van der Waals surface area contributed by atoms with Gasteiger partial charge >= 0.3 is 0 Å². The van der Waals surface area contributed by atoms with E-state index in [1.807, 2.05) is 36.4 Å². The van der Waals surface area contributed by atoms with Gasteiger partial charge in [0.25, 0.3) is 5.91 Å². The monoisotopic (exact) mass is 417 g/mol. The molecule has 0 saturated carbocycles. The first-order valence-electron chi connectivity index (χ1n) is 10.6. The van der Waals surface area contributed by atoms with E-state index in [1.54, 1.807) is 12.1 Å². The van der Waals surface area contributed by atoms with Gasteiger partial charge in [0.1, 0.15) is 5.82 Å². The second-order valence-electron chi connectivity index (χ2n) is 7.75. The Bertz CT molecular complexity index is 986. The topological polar surface area (TPSA) is 90.4 Å². The van der Waals surface area contributed by atoms with Crippen LogP contribution in [0, 0.1) is 0 Å². The van der Waals surface area contributed by atoms with E-state index in [0.717, 1.165) is 38.2 Å². The largest absolute Gasteiger partial charge is 0.393 e. The molecule has 1 aromatic heterocycles. The average Bonchev–Trinajstić information content (AvgIpc) is 2.81. The fourth-order valence-corrected chi connectivity index (χ4v) is 3.65. The molecular weight excluding hydrogens is 390 g/mol. The van der Waals surface area contributed by atoms with Gasteiger partial charge in [0, 0.05) is 31.9 Å². The number of hydrogen-bond donors (Lipinski definition) is 3. The number of benzene rings is 2. The van der Waals surface area contributed by atoms with E-state index in [9.17, 15) is 9.90 Å². The molecule has 1 aliphatic rings. The number of likely N-dealkylation sites (tertiary alicyclic amines) is 1. The van der Waals surface area contributed by atoms with Crippen LogP contribution < -0.4 is 10.6 Å². The third-order valence-electron chi connectivity index (χ3n) is 5.46. The lowest BCUT2D eigenvalue weighted by Gasteiger charge is -2.30. The van der Waals surface area contributed by atoms with Crippen LogP contribution in [0.4, 0.5) is 11.5 Å². The molecule has 0 atom stereocenters. The molecule has 1 amide bonds. The number of piperidine rings is 1. The molecule has 31 heavy (non-hydrogen) atoms. The number of aliphatic hydroxyl groups excluding tert-OH is 1. The summed E-state index contributed by atoms with van der Waals surface area (Å²) in [6.07, 6.45) is 1.50. The van der Waals surface area contributed by atoms with E-state index in [4.69, 9.17) is 0 Å². The standard InChI is InChI=1S/C24H27N5O2/c30-21-12-14-29(15-13-21)17-19-7-5-4-6-18(19)16-25-23-11-10-22(27-28-23)24(31)26-20-8-2-1-3-9-20/h1-11,21,30H,12-17H2,(H,25,28)(H,26,31). The Hall–Kier alpha value is -3.29. The van der Waals surface area contributed by atoms with Crippen LogP contribution in [0.15, 0.2) is 66.7 Å². The molecular formula is C24H27N5O2. The second-order valence-corrected chi connectivity index (χ2v) is 7.75. The van der Waals surface area contributed by atoms with Crippen LogP contribution in [0.1, 0.15) is 34.5 Å². The smallest absolute Gasteiger partial charge is 0.276 e. The average molecular weight is 418 g/mol. The lowest BCUT2D eigenvalue weighted by Crippen LogP contribution is -2.35. The summed E-state index contributed by atoms with van der Waals surface area (Å²) in [5, 5.41) is 24.0. The van der Waals surface area contributed by atoms with E-state index in [-0.39, 0.29) is 17.7 Å². The fourth-order valence-electron chi connectivity index (χ4n) is 3.65. The van der Waals surface area contributed by atoms with Gasteiger partial charge in [-0.2, -0.15) is 0 Å². The molecule has 1 aliphatic heterocycles. The third kappa shape index (κ3) is 5.87. The molecule has 0 unspecified atom stereocenters. The number of carbonyl (C=O) groups excluding carboxylic acids is 1. The molecule has 0 aliphatic carbocycles. The van der Waals surface area contributed by atoms with Gasteiger partial charge in [-0.05, 0) is 48.2 Å². The molecule has 3 N–H and O–H groups in total. The predicted octanol–water partition coefficient (Wildman–Crippen LogP) is 3.30. The predicted molar refractivity (Wildman–Crippen MR) is 121 cm³/mol. The summed E-state index contributed by atoms with van der Waals surface area (Å²) in [6, 6.07) is 21.0. The van der Waals surface area contributed by atoms with Crippen LogP contribution in [-0.2, 0) is 13.1 Å². The summed E-state index contributed by atoms with van der Waals surface area (Å²) in [5.41, 5.74) is 3.44. The van der Waals surface area contributed by atoms with Gasteiger partial charge in [-0.1, -0.05) is 42.5 Å². The van der Waals surface area contributed by atoms with Crippen molar-refractivity contribution in [2.45, 2.75) is 32.0 Å². The van der Waals surface area contributed by atoms with E-state index in [2.05, 4.69) is 43.9 Å². The van der Waals surface area contributed by atoms with Crippen molar-refractivity contribution in [1.29, 1.82) is 0 Å². The zero-order valence-electron chi connectivity index (χ0n) is 17.4. The number of nitrogens with one attached hydrogen (secondary N) is 2. The molecule has 7 heteroatoms. The van der Waals surface area contributed by atoms with Crippen LogP contribution in [0.2, 0.25) is 0 Å². The first-order valence-corrected chi connectivity index (χ1v) is 10.6. The Kier molecular flexibility index (Phi) is 6.86. The van der Waals surface area contributed by atoms with Crippen LogP contribution in [0.3, 0.4) is 0 Å². The van der Waals surface area contributed by atoms with Crippen molar-refractivity contribution in [2.75, 3.05) is 23.7 Å². The highest BCUT2D eigenvalue weighted by molar-refractivity contribution is 6.02. The lowest BCUT2D eigenvalue weighted by molar-refractivity contribution is 0.0791. The zero-order valence-corrected chi connectivity index (χ0v) is 17.4. The van der Waals surface area contributed by atoms with Crippen molar-refractivity contribution >= 4 is 17.4 Å². The Morgan fingerprint density at radius 1 is 0.935 bits per heavy atom. The summed E-state index contributed by atoms with van der Waals surface area (Å²) in [6.45, 7) is 3.33. The van der Waals surface area contributed by atoms with Gasteiger partial charge in [-0.15, -0.1) is 10.2 Å². The van der Waals surface area contributed by atoms with Crippen molar-refractivity contribution in [1.82, 2.24) is 15.1 Å². The van der Waals surface area contributed by atoms with Crippen molar-refractivity contribution in [2.24, 2.45) is 0 Å². The number of carbonyl (C=O) groups is 1. The van der Waals surface area contributed by atoms with Crippen LogP contribution in [-0.4, -0.2) is 45.3 Å². The van der Waals surface area contributed by atoms with Gasteiger partial charge in [-0.25, -0.2) is 0 Å². The van der Waals surface area contributed by atoms with Gasteiger partial charge in [0.15, 0.2) is 5.69 Å². The molecule has 160 valence electrons. The number of aromatic nitrogens is 2.